The van der Waals surface area contributed by atoms with E-state index in [-0.39, 0.29) is 5.57 Å². The van der Waals surface area contributed by atoms with Gasteiger partial charge in [-0.2, -0.15) is 0 Å². The van der Waals surface area contributed by atoms with E-state index in [0.717, 1.165) is 11.1 Å². The van der Waals surface area contributed by atoms with E-state index in [9.17, 15) is 19.5 Å². The number of hydrogen-bond acceptors (Lipinski definition) is 4. The summed E-state index contributed by atoms with van der Waals surface area (Å²) < 4.78 is 0. The van der Waals surface area contributed by atoms with Crippen molar-refractivity contribution < 1.29 is 19.5 Å². The third-order valence-electron chi connectivity index (χ3n) is 4.32. The Morgan fingerprint density at radius 2 is 1.52 bits per heavy atom. The van der Waals surface area contributed by atoms with Crippen molar-refractivity contribution in [3.8, 4) is 11.3 Å². The van der Waals surface area contributed by atoms with Crippen molar-refractivity contribution in [2.24, 2.45) is 0 Å². The van der Waals surface area contributed by atoms with Crippen LogP contribution >= 0.6 is 0 Å². The summed E-state index contributed by atoms with van der Waals surface area (Å²) in [6, 6.07) is 16.5. The molecule has 0 fully saturated rings. The Hall–Kier alpha value is -3.47. The molecule has 25 heavy (non-hydrogen) atoms. The molecular weight excluding hydrogens is 318 g/mol. The number of allylic oxidation sites excluding steroid dienone is 2. The Labute approximate surface area is 142 Å². The highest BCUT2D eigenvalue weighted by Crippen LogP contribution is 2.38. The van der Waals surface area contributed by atoms with E-state index in [1.165, 1.54) is 0 Å². The largest absolute Gasteiger partial charge is 0.504 e. The summed E-state index contributed by atoms with van der Waals surface area (Å²) in [5.41, 5.74) is 2.27. The van der Waals surface area contributed by atoms with Gasteiger partial charge in [0.25, 0.3) is 0 Å². The number of aromatic nitrogens is 1. The second-order valence-electron chi connectivity index (χ2n) is 5.86. The number of rotatable bonds is 2. The molecule has 0 bridgehead atoms. The lowest BCUT2D eigenvalue weighted by Gasteiger charge is -2.15. The van der Waals surface area contributed by atoms with Gasteiger partial charge in [0, 0.05) is 16.5 Å². The molecule has 0 saturated carbocycles. The molecule has 5 nitrogen and oxygen atoms in total. The number of hydrogen-bond donors (Lipinski definition) is 2. The fourth-order valence-corrected chi connectivity index (χ4v) is 3.15. The Balaban J connectivity index is 2.11. The number of carbonyl (C=O) groups is 3. The normalized spacial score (nSPS) is 15.3. The second-order valence-corrected chi connectivity index (χ2v) is 5.86. The monoisotopic (exact) mass is 331 g/mol. The quantitative estimate of drug-likeness (QED) is 0.557. The van der Waals surface area contributed by atoms with Crippen LogP contribution in [-0.2, 0) is 14.4 Å². The molecule has 2 aromatic carbocycles. The Morgan fingerprint density at radius 1 is 0.840 bits per heavy atom. The fourth-order valence-electron chi connectivity index (χ4n) is 3.15. The summed E-state index contributed by atoms with van der Waals surface area (Å²) in [6.07, 6.45) is -0.586. The molecule has 122 valence electrons. The predicted molar refractivity (Wildman–Crippen MR) is 92.9 cm³/mol. The van der Waals surface area contributed by atoms with Crippen LogP contribution in [0.1, 0.15) is 12.0 Å². The second kappa shape index (κ2) is 5.56. The summed E-state index contributed by atoms with van der Waals surface area (Å²) in [7, 11) is 0. The fraction of sp³-hybridized carbons (Fsp3) is 0.0500. The van der Waals surface area contributed by atoms with E-state index in [1.807, 2.05) is 42.5 Å². The Kier molecular flexibility index (Phi) is 3.35. The van der Waals surface area contributed by atoms with Crippen molar-refractivity contribution in [2.75, 3.05) is 0 Å². The summed E-state index contributed by atoms with van der Waals surface area (Å²) >= 11 is 0. The van der Waals surface area contributed by atoms with E-state index in [0.29, 0.717) is 16.6 Å². The lowest BCUT2D eigenvalue weighted by atomic mass is 9.87. The van der Waals surface area contributed by atoms with Crippen LogP contribution < -0.4 is 0 Å². The molecule has 0 aliphatic heterocycles. The highest BCUT2D eigenvalue weighted by atomic mass is 16.3. The van der Waals surface area contributed by atoms with Gasteiger partial charge in [0.05, 0.1) is 17.7 Å². The van der Waals surface area contributed by atoms with Crippen LogP contribution in [0, 0.1) is 0 Å². The lowest BCUT2D eigenvalue weighted by molar-refractivity contribution is -0.137. The minimum Gasteiger partial charge on any atom is -0.504 e. The molecule has 0 spiro atoms. The van der Waals surface area contributed by atoms with Crippen LogP contribution in [0.25, 0.3) is 27.7 Å². The van der Waals surface area contributed by atoms with Crippen molar-refractivity contribution in [1.82, 2.24) is 4.98 Å². The zero-order chi connectivity index (χ0) is 17.6. The van der Waals surface area contributed by atoms with Gasteiger partial charge in [-0.1, -0.05) is 48.5 Å². The molecule has 1 aromatic heterocycles. The number of carbonyl (C=O) groups excluding carboxylic acids is 3. The topological polar surface area (TPSA) is 87.2 Å². The first kappa shape index (κ1) is 15.1. The van der Waals surface area contributed by atoms with Gasteiger partial charge in [0.1, 0.15) is 0 Å². The average Bonchev–Trinajstić information content (AvgIpc) is 3.01. The molecule has 0 unspecified atom stereocenters. The molecule has 1 heterocycles. The molecule has 5 heteroatoms. The molecule has 0 atom stereocenters. The highest BCUT2D eigenvalue weighted by molar-refractivity contribution is 6.60. The molecule has 1 aliphatic carbocycles. The van der Waals surface area contributed by atoms with Crippen LogP contribution in [0.4, 0.5) is 0 Å². The first-order valence-electron chi connectivity index (χ1n) is 7.78. The maximum atomic E-state index is 12.5. The lowest BCUT2D eigenvalue weighted by Crippen LogP contribution is -2.28. The number of aliphatic hydroxyl groups excluding tert-OH is 1. The van der Waals surface area contributed by atoms with E-state index in [1.54, 1.807) is 12.1 Å². The van der Waals surface area contributed by atoms with Crippen LogP contribution in [0.2, 0.25) is 0 Å². The van der Waals surface area contributed by atoms with Gasteiger partial charge in [-0.15, -0.1) is 0 Å². The molecular formula is C20H13NO4. The number of Topliss-reactive ketones (excluding diaryl/α,β-unsaturated/α-hetero) is 3. The Morgan fingerprint density at radius 3 is 2.28 bits per heavy atom. The van der Waals surface area contributed by atoms with Crippen molar-refractivity contribution >= 4 is 33.8 Å². The van der Waals surface area contributed by atoms with E-state index >= 15 is 0 Å². The van der Waals surface area contributed by atoms with Crippen molar-refractivity contribution in [3.63, 3.8) is 0 Å². The third kappa shape index (κ3) is 2.29. The highest BCUT2D eigenvalue weighted by Gasteiger charge is 2.36. The number of nitrogens with one attached hydrogen (secondary N) is 1. The molecule has 0 amide bonds. The maximum absolute atomic E-state index is 12.5. The molecule has 1 aliphatic rings. The number of aromatic amines is 1. The van der Waals surface area contributed by atoms with Crippen LogP contribution in [0.15, 0.2) is 60.4 Å². The SMILES string of the molecule is O=C1CC(=O)C(O)=C(c2c(-c3ccccc3)[nH]c3ccccc23)C1=O. The van der Waals surface area contributed by atoms with Gasteiger partial charge < -0.3 is 10.1 Å². The average molecular weight is 331 g/mol. The summed E-state index contributed by atoms with van der Waals surface area (Å²) in [6.45, 7) is 0. The van der Waals surface area contributed by atoms with Crippen LogP contribution in [0.5, 0.6) is 0 Å². The number of fused-ring (bicyclic) bond motifs is 1. The third-order valence-corrected chi connectivity index (χ3v) is 4.32. The molecule has 4 rings (SSSR count). The van der Waals surface area contributed by atoms with Crippen LogP contribution in [-0.4, -0.2) is 27.4 Å². The first-order chi connectivity index (χ1) is 12.1. The van der Waals surface area contributed by atoms with Gasteiger partial charge in [-0.25, -0.2) is 0 Å². The van der Waals surface area contributed by atoms with Crippen molar-refractivity contribution in [1.29, 1.82) is 0 Å². The smallest absolute Gasteiger partial charge is 0.233 e. The van der Waals surface area contributed by atoms with E-state index < -0.39 is 29.5 Å². The molecule has 0 saturated heterocycles. The van der Waals surface area contributed by atoms with Gasteiger partial charge >= 0.3 is 0 Å². The minimum atomic E-state index is -0.834. The number of H-pyrrole nitrogens is 1. The zero-order valence-corrected chi connectivity index (χ0v) is 13.1. The zero-order valence-electron chi connectivity index (χ0n) is 13.1. The van der Waals surface area contributed by atoms with E-state index in [4.69, 9.17) is 0 Å². The summed E-state index contributed by atoms with van der Waals surface area (Å²) in [5.74, 6) is -3.02. The number of para-hydroxylation sites is 1. The number of ketones is 3. The van der Waals surface area contributed by atoms with Gasteiger partial charge in [-0.3, -0.25) is 14.4 Å². The minimum absolute atomic E-state index is 0.224. The van der Waals surface area contributed by atoms with E-state index in [2.05, 4.69) is 4.98 Å². The van der Waals surface area contributed by atoms with Crippen molar-refractivity contribution in [2.45, 2.75) is 6.42 Å². The van der Waals surface area contributed by atoms with Gasteiger partial charge in [0.2, 0.25) is 17.3 Å². The molecule has 2 N–H and O–H groups in total. The number of benzene rings is 2. The maximum Gasteiger partial charge on any atom is 0.233 e. The van der Waals surface area contributed by atoms with Gasteiger partial charge in [0.15, 0.2) is 5.76 Å². The summed E-state index contributed by atoms with van der Waals surface area (Å²) in [4.78, 5) is 39.6. The molecule has 0 radical (unpaired) electrons. The number of aliphatic hydroxyl groups is 1. The predicted octanol–water partition coefficient (Wildman–Crippen LogP) is 3.22. The van der Waals surface area contributed by atoms with Crippen LogP contribution in [0.3, 0.4) is 0 Å². The molecule has 3 aromatic rings. The van der Waals surface area contributed by atoms with Gasteiger partial charge in [-0.05, 0) is 11.6 Å². The van der Waals surface area contributed by atoms with Crippen molar-refractivity contribution in [3.05, 3.63) is 65.9 Å². The standard InChI is InChI=1S/C20H13NO4/c22-14-10-15(23)20(25)17(19(14)24)16-12-8-4-5-9-13(12)21-18(16)11-6-2-1-3-7-11/h1-9,21,24H,10H2. The first-order valence-corrected chi connectivity index (χ1v) is 7.78. The summed E-state index contributed by atoms with van der Waals surface area (Å²) in [5, 5.41) is 10.9. The Bertz CT molecular complexity index is 1070.